The molecule has 0 aromatic carbocycles. The van der Waals surface area contributed by atoms with E-state index in [1.807, 2.05) is 84.1 Å². The normalized spacial score (nSPS) is 12.1. The second kappa shape index (κ2) is 27.5. The molecule has 0 aromatic heterocycles. The lowest BCUT2D eigenvalue weighted by atomic mass is 10.1. The third-order valence-corrected chi connectivity index (χ3v) is 2.57. The molecule has 0 fully saturated rings. The number of allylic oxidation sites excluding steroid dienone is 11. The molecule has 0 aromatic rings. The summed E-state index contributed by atoms with van der Waals surface area (Å²) in [5.74, 6) is 0. The van der Waals surface area contributed by atoms with Gasteiger partial charge in [0.15, 0.2) is 0 Å². The molecule has 0 rings (SSSR count). The first-order valence-corrected chi connectivity index (χ1v) is 9.33. The van der Waals surface area contributed by atoms with Gasteiger partial charge >= 0.3 is 0 Å². The van der Waals surface area contributed by atoms with E-state index in [-0.39, 0.29) is 0 Å². The lowest BCUT2D eigenvalue weighted by Crippen LogP contribution is -2.08. The maximum Gasteiger partial charge on any atom is 0.0629 e. The quantitative estimate of drug-likeness (QED) is 0.285. The van der Waals surface area contributed by atoms with Crippen molar-refractivity contribution in [2.24, 2.45) is 5.73 Å². The molecule has 3 N–H and O–H groups in total. The molecule has 0 saturated heterocycles. The maximum absolute atomic E-state index is 8.02. The molecule has 26 heavy (non-hydrogen) atoms. The van der Waals surface area contributed by atoms with E-state index in [1.165, 1.54) is 6.42 Å². The standard InChI is InChI=1S/C17H24N2.C3H8.C2H6.C2H4/c1-5-9-10-11-14(6-2)12-13-17(19)15(7-3)16(18)8-4;1-3-2;2*1-2/h5-13,19H,18H2,1-4H3;3H2,1-2H3;1-2H3;1-2H2/b9-5-,11-10-,13-12+,14-6+,15-7+,16-8+,19-17?;;;. The number of hydrogen-bond acceptors (Lipinski definition) is 2. The number of hydrogen-bond donors (Lipinski definition) is 2. The largest absolute Gasteiger partial charge is 0.398 e. The Morgan fingerprint density at radius 1 is 0.846 bits per heavy atom. The van der Waals surface area contributed by atoms with Gasteiger partial charge in [-0.3, -0.25) is 0 Å². The average molecular weight is 359 g/mol. The fourth-order valence-electron chi connectivity index (χ4n) is 1.43. The van der Waals surface area contributed by atoms with Crippen LogP contribution in [0.15, 0.2) is 84.7 Å². The Hall–Kier alpha value is -2.35. The predicted octanol–water partition coefficient (Wildman–Crippen LogP) is 7.69. The van der Waals surface area contributed by atoms with Gasteiger partial charge in [0, 0.05) is 11.3 Å². The highest BCUT2D eigenvalue weighted by Crippen LogP contribution is 2.08. The van der Waals surface area contributed by atoms with Crippen molar-refractivity contribution in [3.8, 4) is 0 Å². The van der Waals surface area contributed by atoms with Crippen LogP contribution in [-0.2, 0) is 0 Å². The molecule has 0 aliphatic heterocycles. The van der Waals surface area contributed by atoms with E-state index in [0.717, 1.165) is 11.1 Å². The van der Waals surface area contributed by atoms with Crippen LogP contribution in [0.2, 0.25) is 0 Å². The summed E-state index contributed by atoms with van der Waals surface area (Å²) in [6, 6.07) is 0. The molecule has 0 spiro atoms. The molecular formula is C24H42N2. The third-order valence-electron chi connectivity index (χ3n) is 2.57. The van der Waals surface area contributed by atoms with Crippen molar-refractivity contribution in [2.45, 2.75) is 61.8 Å². The highest BCUT2D eigenvalue weighted by atomic mass is 14.6. The Kier molecular flexibility index (Phi) is 33.2. The van der Waals surface area contributed by atoms with Crippen LogP contribution in [0.3, 0.4) is 0 Å². The number of nitrogens with two attached hydrogens (primary N) is 1. The summed E-state index contributed by atoms with van der Waals surface area (Å²) in [7, 11) is 0. The summed E-state index contributed by atoms with van der Waals surface area (Å²) >= 11 is 0. The monoisotopic (exact) mass is 358 g/mol. The summed E-state index contributed by atoms with van der Waals surface area (Å²) in [6.45, 7) is 22.0. The molecule has 0 amide bonds. The topological polar surface area (TPSA) is 49.9 Å². The molecule has 0 unspecified atom stereocenters. The zero-order chi connectivity index (χ0) is 21.4. The Bertz CT molecular complexity index is 498. The van der Waals surface area contributed by atoms with Gasteiger partial charge in [-0.1, -0.05) is 82.7 Å². The molecule has 2 heteroatoms. The van der Waals surface area contributed by atoms with Gasteiger partial charge in [0.1, 0.15) is 0 Å². The summed E-state index contributed by atoms with van der Waals surface area (Å²) in [5.41, 5.74) is 8.70. The van der Waals surface area contributed by atoms with E-state index < -0.39 is 0 Å². The lowest BCUT2D eigenvalue weighted by Gasteiger charge is -2.05. The van der Waals surface area contributed by atoms with Gasteiger partial charge in [-0.25, -0.2) is 0 Å². The van der Waals surface area contributed by atoms with Crippen LogP contribution < -0.4 is 5.73 Å². The van der Waals surface area contributed by atoms with Gasteiger partial charge in [-0.2, -0.15) is 0 Å². The Balaban J connectivity index is -0.000000302. The summed E-state index contributed by atoms with van der Waals surface area (Å²) in [6.07, 6.45) is 18.5. The summed E-state index contributed by atoms with van der Waals surface area (Å²) < 4.78 is 0. The van der Waals surface area contributed by atoms with Gasteiger partial charge in [0.25, 0.3) is 0 Å². The van der Waals surface area contributed by atoms with Crippen molar-refractivity contribution in [1.29, 1.82) is 5.41 Å². The Morgan fingerprint density at radius 2 is 1.35 bits per heavy atom. The van der Waals surface area contributed by atoms with Crippen LogP contribution in [0.4, 0.5) is 0 Å². The summed E-state index contributed by atoms with van der Waals surface area (Å²) in [4.78, 5) is 0. The molecule has 2 nitrogen and oxygen atoms in total. The molecule has 0 heterocycles. The van der Waals surface area contributed by atoms with Crippen molar-refractivity contribution in [1.82, 2.24) is 0 Å². The molecule has 148 valence electrons. The van der Waals surface area contributed by atoms with Crippen LogP contribution in [0, 0.1) is 5.41 Å². The van der Waals surface area contributed by atoms with Crippen molar-refractivity contribution in [3.63, 3.8) is 0 Å². The van der Waals surface area contributed by atoms with Gasteiger partial charge in [-0.15, -0.1) is 13.2 Å². The fourth-order valence-corrected chi connectivity index (χ4v) is 1.43. The smallest absolute Gasteiger partial charge is 0.0629 e. The molecule has 0 bridgehead atoms. The van der Waals surface area contributed by atoms with Crippen molar-refractivity contribution in [2.75, 3.05) is 0 Å². The van der Waals surface area contributed by atoms with Crippen LogP contribution in [0.25, 0.3) is 0 Å². The number of rotatable bonds is 6. The molecule has 0 radical (unpaired) electrons. The van der Waals surface area contributed by atoms with Crippen LogP contribution >= 0.6 is 0 Å². The Morgan fingerprint density at radius 3 is 1.69 bits per heavy atom. The lowest BCUT2D eigenvalue weighted by molar-refractivity contribution is 1.09. The van der Waals surface area contributed by atoms with Crippen LogP contribution in [0.5, 0.6) is 0 Å². The maximum atomic E-state index is 8.02. The van der Waals surface area contributed by atoms with Gasteiger partial charge < -0.3 is 11.1 Å². The second-order valence-corrected chi connectivity index (χ2v) is 4.57. The predicted molar refractivity (Wildman–Crippen MR) is 125 cm³/mol. The highest BCUT2D eigenvalue weighted by molar-refractivity contribution is 6.09. The molecule has 0 saturated carbocycles. The average Bonchev–Trinajstić information content (AvgIpc) is 2.68. The molecule has 0 atom stereocenters. The SMILES string of the molecule is C=C.CC.CCC.C\C=C/C=C\C(\C=C\C(=N)C(=C/C)/C(N)=C\C)=C/C. The van der Waals surface area contributed by atoms with Crippen molar-refractivity contribution in [3.05, 3.63) is 84.7 Å². The van der Waals surface area contributed by atoms with E-state index in [1.54, 1.807) is 12.2 Å². The fraction of sp³-hybridized carbons (Fsp3) is 0.375. The van der Waals surface area contributed by atoms with E-state index >= 15 is 0 Å². The first-order chi connectivity index (χ1) is 12.5. The van der Waals surface area contributed by atoms with Gasteiger partial charge in [0.2, 0.25) is 0 Å². The van der Waals surface area contributed by atoms with Gasteiger partial charge in [-0.05, 0) is 39.3 Å². The minimum Gasteiger partial charge on any atom is -0.398 e. The Labute approximate surface area is 163 Å². The number of nitrogens with one attached hydrogen (secondary N) is 1. The zero-order valence-electron chi connectivity index (χ0n) is 18.4. The first-order valence-electron chi connectivity index (χ1n) is 9.33. The van der Waals surface area contributed by atoms with E-state index in [4.69, 9.17) is 11.1 Å². The van der Waals surface area contributed by atoms with E-state index in [0.29, 0.717) is 11.4 Å². The molecular weight excluding hydrogens is 316 g/mol. The molecule has 0 aliphatic carbocycles. The third kappa shape index (κ3) is 19.7. The second-order valence-electron chi connectivity index (χ2n) is 4.57. The molecule has 0 aliphatic rings. The van der Waals surface area contributed by atoms with Crippen LogP contribution in [0.1, 0.15) is 61.8 Å². The van der Waals surface area contributed by atoms with E-state index in [2.05, 4.69) is 27.0 Å². The zero-order valence-corrected chi connectivity index (χ0v) is 18.4. The van der Waals surface area contributed by atoms with E-state index in [9.17, 15) is 0 Å². The first kappa shape index (κ1) is 31.4. The minimum atomic E-state index is 0.414. The summed E-state index contributed by atoms with van der Waals surface area (Å²) in [5, 5.41) is 8.02. The van der Waals surface area contributed by atoms with Crippen molar-refractivity contribution >= 4 is 5.71 Å². The van der Waals surface area contributed by atoms with Crippen molar-refractivity contribution < 1.29 is 0 Å². The highest BCUT2D eigenvalue weighted by Gasteiger charge is 2.02. The minimum absolute atomic E-state index is 0.414. The van der Waals surface area contributed by atoms with Crippen LogP contribution in [-0.4, -0.2) is 5.71 Å². The van der Waals surface area contributed by atoms with Gasteiger partial charge in [0.05, 0.1) is 5.71 Å².